The molecule has 0 aliphatic rings. The molecule has 0 spiro atoms. The van der Waals surface area contributed by atoms with Gasteiger partial charge in [0.15, 0.2) is 17.3 Å². The van der Waals surface area contributed by atoms with Crippen LogP contribution >= 0.6 is 0 Å². The van der Waals surface area contributed by atoms with Crippen molar-refractivity contribution in [3.8, 4) is 0 Å². The fourth-order valence-electron chi connectivity index (χ4n) is 4.25. The average Bonchev–Trinajstić information content (AvgIpc) is 3.00. The van der Waals surface area contributed by atoms with Gasteiger partial charge in [-0.2, -0.15) is 0 Å². The van der Waals surface area contributed by atoms with Crippen molar-refractivity contribution in [3.63, 3.8) is 0 Å². The van der Waals surface area contributed by atoms with Crippen LogP contribution in [-0.2, 0) is 0 Å². The fourth-order valence-corrected chi connectivity index (χ4v) is 4.25. The molecule has 0 amide bonds. The number of rotatable bonds is 8. The van der Waals surface area contributed by atoms with Crippen LogP contribution in [0.2, 0.25) is 0 Å². The maximum absolute atomic E-state index is 14.0. The van der Waals surface area contributed by atoms with Crippen LogP contribution in [0.4, 0.5) is 0 Å². The van der Waals surface area contributed by atoms with Gasteiger partial charge in [0, 0.05) is 34.0 Å². The number of hydrogen-bond acceptors (Lipinski definition) is 5. The van der Waals surface area contributed by atoms with Gasteiger partial charge in [-0.05, 0) is 0 Å². The van der Waals surface area contributed by atoms with Crippen molar-refractivity contribution in [2.24, 2.45) is 0 Å². The first-order valence-corrected chi connectivity index (χ1v) is 12.0. The molecule has 5 aromatic rings. The number of benzene rings is 4. The van der Waals surface area contributed by atoms with Gasteiger partial charge in [0.05, 0.1) is 11.1 Å². The fraction of sp³-hybridized carbons (Fsp3) is 0. The molecule has 0 aliphatic carbocycles. The summed E-state index contributed by atoms with van der Waals surface area (Å²) in [6, 6.07) is 33.6. The molecule has 5 heteroatoms. The van der Waals surface area contributed by atoms with Crippen molar-refractivity contribution in [3.05, 3.63) is 172 Å². The zero-order valence-corrected chi connectivity index (χ0v) is 20.2. The molecule has 4 aromatic carbocycles. The van der Waals surface area contributed by atoms with Crippen LogP contribution < -0.4 is 0 Å². The number of aromatic nitrogens is 1. The Hall–Kier alpha value is -5.29. The molecule has 5 nitrogen and oxygen atoms in total. The van der Waals surface area contributed by atoms with E-state index in [1.807, 2.05) is 0 Å². The third-order valence-electron chi connectivity index (χ3n) is 6.14. The van der Waals surface area contributed by atoms with Gasteiger partial charge in [0.2, 0.25) is 5.78 Å². The zero-order valence-electron chi connectivity index (χ0n) is 20.2. The first-order valence-electron chi connectivity index (χ1n) is 12.0. The Bertz CT molecular complexity index is 1520. The number of nitrogens with zero attached hydrogens (tertiary/aromatic N) is 1. The van der Waals surface area contributed by atoms with Gasteiger partial charge >= 0.3 is 0 Å². The van der Waals surface area contributed by atoms with Crippen LogP contribution in [0, 0.1) is 0 Å². The van der Waals surface area contributed by atoms with E-state index in [-0.39, 0.29) is 33.5 Å². The van der Waals surface area contributed by atoms with Crippen molar-refractivity contribution >= 4 is 23.1 Å². The van der Waals surface area contributed by atoms with E-state index in [9.17, 15) is 19.2 Å². The second-order valence-corrected chi connectivity index (χ2v) is 8.55. The molecule has 0 saturated carbocycles. The highest BCUT2D eigenvalue weighted by molar-refractivity contribution is 6.28. The Balaban J connectivity index is 1.83. The topological polar surface area (TPSA) is 81.2 Å². The van der Waals surface area contributed by atoms with Gasteiger partial charge in [-0.15, -0.1) is 0 Å². The minimum atomic E-state index is -0.570. The van der Waals surface area contributed by atoms with E-state index in [4.69, 9.17) is 0 Å². The summed E-state index contributed by atoms with van der Waals surface area (Å²) >= 11 is 0. The van der Waals surface area contributed by atoms with Gasteiger partial charge in [0.25, 0.3) is 0 Å². The molecule has 0 N–H and O–H groups in total. The number of carbonyl (C=O) groups is 4. The molecule has 0 saturated heterocycles. The lowest BCUT2D eigenvalue weighted by atomic mass is 9.85. The summed E-state index contributed by atoms with van der Waals surface area (Å²) in [4.78, 5) is 59.7. The summed E-state index contributed by atoms with van der Waals surface area (Å²) in [6.07, 6.45) is 1.23. The van der Waals surface area contributed by atoms with Gasteiger partial charge < -0.3 is 0 Å². The minimum absolute atomic E-state index is 0.0473. The van der Waals surface area contributed by atoms with Crippen LogP contribution in [0.1, 0.15) is 63.8 Å². The highest BCUT2D eigenvalue weighted by Gasteiger charge is 2.32. The normalized spacial score (nSPS) is 10.5. The van der Waals surface area contributed by atoms with Crippen molar-refractivity contribution in [2.45, 2.75) is 0 Å². The molecule has 0 atom stereocenters. The van der Waals surface area contributed by atoms with Crippen LogP contribution in [-0.4, -0.2) is 28.1 Å². The Morgan fingerprint density at radius 1 is 0.395 bits per heavy atom. The summed E-state index contributed by atoms with van der Waals surface area (Å²) in [5.41, 5.74) is 0.611. The second kappa shape index (κ2) is 10.8. The Morgan fingerprint density at radius 3 is 1.16 bits per heavy atom. The Labute approximate surface area is 219 Å². The molecule has 0 unspecified atom stereocenters. The highest BCUT2D eigenvalue weighted by Crippen LogP contribution is 2.28. The third-order valence-corrected chi connectivity index (χ3v) is 6.14. The SMILES string of the molecule is O=C(c1ccccc1)c1cnc(C(=O)c2ccccc2)c(C(=O)c2ccccc2)c1C(=O)c1ccccc1. The van der Waals surface area contributed by atoms with Crippen molar-refractivity contribution in [1.82, 2.24) is 4.98 Å². The minimum Gasteiger partial charge on any atom is -0.289 e. The highest BCUT2D eigenvalue weighted by atomic mass is 16.1. The van der Waals surface area contributed by atoms with E-state index in [2.05, 4.69) is 4.98 Å². The molecule has 0 bridgehead atoms. The van der Waals surface area contributed by atoms with Crippen LogP contribution in [0.5, 0.6) is 0 Å². The molecule has 0 radical (unpaired) electrons. The second-order valence-electron chi connectivity index (χ2n) is 8.55. The van der Waals surface area contributed by atoms with Gasteiger partial charge in [-0.3, -0.25) is 24.2 Å². The summed E-state index contributed by atoms with van der Waals surface area (Å²) < 4.78 is 0. The van der Waals surface area contributed by atoms with E-state index >= 15 is 0 Å². The Morgan fingerprint density at radius 2 is 0.737 bits per heavy atom. The molecule has 182 valence electrons. The van der Waals surface area contributed by atoms with Gasteiger partial charge in [-0.25, -0.2) is 0 Å². The molecule has 38 heavy (non-hydrogen) atoms. The molecule has 1 aromatic heterocycles. The molecule has 1 heterocycles. The summed E-state index contributed by atoms with van der Waals surface area (Å²) in [5.74, 6) is -2.11. The summed E-state index contributed by atoms with van der Waals surface area (Å²) in [6.45, 7) is 0. The van der Waals surface area contributed by atoms with Crippen molar-refractivity contribution < 1.29 is 19.2 Å². The predicted molar refractivity (Wildman–Crippen MR) is 144 cm³/mol. The van der Waals surface area contributed by atoms with E-state index in [0.29, 0.717) is 11.1 Å². The zero-order chi connectivity index (χ0) is 26.5. The lowest BCUT2D eigenvalue weighted by Gasteiger charge is -2.16. The first kappa shape index (κ1) is 24.4. The van der Waals surface area contributed by atoms with Crippen LogP contribution in [0.25, 0.3) is 0 Å². The van der Waals surface area contributed by atoms with Crippen molar-refractivity contribution in [1.29, 1.82) is 0 Å². The molecule has 0 aliphatic heterocycles. The summed E-state index contributed by atoms with van der Waals surface area (Å²) in [5, 5.41) is 0. The predicted octanol–water partition coefficient (Wildman–Crippen LogP) is 6.01. The number of hydrogen-bond donors (Lipinski definition) is 0. The number of pyridine rings is 1. The van der Waals surface area contributed by atoms with Gasteiger partial charge in [0.1, 0.15) is 5.69 Å². The van der Waals surface area contributed by atoms with E-state index < -0.39 is 23.1 Å². The van der Waals surface area contributed by atoms with Gasteiger partial charge in [-0.1, -0.05) is 121 Å². The van der Waals surface area contributed by atoms with Crippen molar-refractivity contribution in [2.75, 3.05) is 0 Å². The standard InChI is InChI=1S/C33H21NO4/c35-30(22-13-5-1-6-14-22)26-21-34-29(33(38)25-19-11-4-12-20-25)28(32(37)24-17-9-3-10-18-24)27(26)31(36)23-15-7-2-8-16-23/h1-21H. The number of carbonyl (C=O) groups excluding carboxylic acids is 4. The largest absolute Gasteiger partial charge is 0.289 e. The molecule has 0 fully saturated rings. The maximum atomic E-state index is 14.0. The van der Waals surface area contributed by atoms with E-state index in [1.54, 1.807) is 121 Å². The van der Waals surface area contributed by atoms with E-state index in [0.717, 1.165) is 0 Å². The monoisotopic (exact) mass is 495 g/mol. The Kier molecular flexibility index (Phi) is 6.91. The maximum Gasteiger partial charge on any atom is 0.212 e. The summed E-state index contributed by atoms with van der Waals surface area (Å²) in [7, 11) is 0. The quantitative estimate of drug-likeness (QED) is 0.247. The smallest absolute Gasteiger partial charge is 0.212 e. The number of ketones is 4. The lowest BCUT2D eigenvalue weighted by molar-refractivity contribution is 0.0978. The first-order chi connectivity index (χ1) is 18.6. The van der Waals surface area contributed by atoms with Crippen LogP contribution in [0.3, 0.4) is 0 Å². The van der Waals surface area contributed by atoms with E-state index in [1.165, 1.54) is 6.20 Å². The molecular weight excluding hydrogens is 474 g/mol. The third kappa shape index (κ3) is 4.73. The molecular formula is C33H21NO4. The van der Waals surface area contributed by atoms with Crippen LogP contribution in [0.15, 0.2) is 128 Å². The molecule has 5 rings (SSSR count). The average molecular weight is 496 g/mol. The lowest BCUT2D eigenvalue weighted by Crippen LogP contribution is -2.23.